The summed E-state index contributed by atoms with van der Waals surface area (Å²) < 4.78 is 0. The number of thioether (sulfide) groups is 1. The van der Waals surface area contributed by atoms with Crippen LogP contribution in [0.1, 0.15) is 5.56 Å². The SMILES string of the molecule is Nc1cccc(CN2CCSCC2)c1. The van der Waals surface area contributed by atoms with E-state index in [1.807, 2.05) is 23.9 Å². The van der Waals surface area contributed by atoms with Gasteiger partial charge in [-0.1, -0.05) is 12.1 Å². The molecule has 2 N–H and O–H groups in total. The van der Waals surface area contributed by atoms with Crippen molar-refractivity contribution in [3.8, 4) is 0 Å². The van der Waals surface area contributed by atoms with Crippen LogP contribution in [0.2, 0.25) is 0 Å². The van der Waals surface area contributed by atoms with Gasteiger partial charge >= 0.3 is 0 Å². The molecule has 1 saturated heterocycles. The summed E-state index contributed by atoms with van der Waals surface area (Å²) in [6, 6.07) is 8.19. The molecular formula is C11H16N2S. The van der Waals surface area contributed by atoms with Gasteiger partial charge in [0.15, 0.2) is 0 Å². The van der Waals surface area contributed by atoms with Gasteiger partial charge in [-0.2, -0.15) is 11.8 Å². The molecule has 3 heteroatoms. The molecule has 1 aliphatic rings. The maximum absolute atomic E-state index is 5.74. The molecule has 0 aliphatic carbocycles. The Kier molecular flexibility index (Phi) is 3.32. The van der Waals surface area contributed by atoms with Gasteiger partial charge in [-0.3, -0.25) is 4.90 Å². The molecule has 0 spiro atoms. The Morgan fingerprint density at radius 1 is 1.29 bits per heavy atom. The maximum atomic E-state index is 5.74. The molecule has 1 heterocycles. The summed E-state index contributed by atoms with van der Waals surface area (Å²) in [5.74, 6) is 2.53. The van der Waals surface area contributed by atoms with Gasteiger partial charge in [0.05, 0.1) is 0 Å². The first-order valence-corrected chi connectivity index (χ1v) is 6.14. The van der Waals surface area contributed by atoms with Crippen molar-refractivity contribution < 1.29 is 0 Å². The lowest BCUT2D eigenvalue weighted by molar-refractivity contribution is 0.294. The lowest BCUT2D eigenvalue weighted by atomic mass is 10.2. The van der Waals surface area contributed by atoms with Gasteiger partial charge in [0.1, 0.15) is 0 Å². The average Bonchev–Trinajstić information content (AvgIpc) is 2.19. The summed E-state index contributed by atoms with van der Waals surface area (Å²) in [4.78, 5) is 2.49. The number of nitrogens with zero attached hydrogens (tertiary/aromatic N) is 1. The molecular weight excluding hydrogens is 192 g/mol. The van der Waals surface area contributed by atoms with E-state index in [1.165, 1.54) is 30.2 Å². The molecule has 1 fully saturated rings. The van der Waals surface area contributed by atoms with Crippen LogP contribution >= 0.6 is 11.8 Å². The lowest BCUT2D eigenvalue weighted by Gasteiger charge is -2.26. The fourth-order valence-electron chi connectivity index (χ4n) is 1.71. The van der Waals surface area contributed by atoms with Crippen molar-refractivity contribution in [2.24, 2.45) is 0 Å². The van der Waals surface area contributed by atoms with Crippen LogP contribution < -0.4 is 5.73 Å². The monoisotopic (exact) mass is 208 g/mol. The van der Waals surface area contributed by atoms with E-state index in [4.69, 9.17) is 5.73 Å². The van der Waals surface area contributed by atoms with Crippen molar-refractivity contribution in [2.75, 3.05) is 30.3 Å². The largest absolute Gasteiger partial charge is 0.399 e. The third-order valence-corrected chi connectivity index (χ3v) is 3.40. The molecule has 14 heavy (non-hydrogen) atoms. The zero-order chi connectivity index (χ0) is 9.80. The van der Waals surface area contributed by atoms with Gasteiger partial charge < -0.3 is 5.73 Å². The standard InChI is InChI=1S/C11H16N2S/c12-11-3-1-2-10(8-11)9-13-4-6-14-7-5-13/h1-3,8H,4-7,9,12H2. The molecule has 1 aromatic rings. The van der Waals surface area contributed by atoms with Crippen molar-refractivity contribution >= 4 is 17.4 Å². The second kappa shape index (κ2) is 4.71. The Hall–Kier alpha value is -0.670. The van der Waals surface area contributed by atoms with Crippen LogP contribution in [0.3, 0.4) is 0 Å². The highest BCUT2D eigenvalue weighted by atomic mass is 32.2. The predicted molar refractivity (Wildman–Crippen MR) is 63.5 cm³/mol. The van der Waals surface area contributed by atoms with E-state index in [1.54, 1.807) is 0 Å². The molecule has 2 rings (SSSR count). The van der Waals surface area contributed by atoms with Crippen LogP contribution in [-0.4, -0.2) is 29.5 Å². The second-order valence-electron chi connectivity index (χ2n) is 3.63. The summed E-state index contributed by atoms with van der Waals surface area (Å²) in [6.45, 7) is 3.46. The van der Waals surface area contributed by atoms with Gasteiger partial charge in [0, 0.05) is 36.8 Å². The van der Waals surface area contributed by atoms with Gasteiger partial charge in [0.25, 0.3) is 0 Å². The number of nitrogen functional groups attached to an aromatic ring is 1. The Morgan fingerprint density at radius 3 is 2.79 bits per heavy atom. The number of nitrogens with two attached hydrogens (primary N) is 1. The minimum atomic E-state index is 0.869. The van der Waals surface area contributed by atoms with E-state index >= 15 is 0 Å². The zero-order valence-electron chi connectivity index (χ0n) is 8.28. The normalized spacial score (nSPS) is 18.3. The Labute approximate surface area is 89.5 Å². The topological polar surface area (TPSA) is 29.3 Å². The van der Waals surface area contributed by atoms with E-state index in [2.05, 4.69) is 17.0 Å². The van der Waals surface area contributed by atoms with Gasteiger partial charge in [-0.25, -0.2) is 0 Å². The predicted octanol–water partition coefficient (Wildman–Crippen LogP) is 1.82. The van der Waals surface area contributed by atoms with E-state index in [-0.39, 0.29) is 0 Å². The number of hydrogen-bond acceptors (Lipinski definition) is 3. The van der Waals surface area contributed by atoms with Gasteiger partial charge in [-0.15, -0.1) is 0 Å². The average molecular weight is 208 g/mol. The molecule has 0 aromatic heterocycles. The summed E-state index contributed by atoms with van der Waals surface area (Å²) in [6.07, 6.45) is 0. The maximum Gasteiger partial charge on any atom is 0.0317 e. The summed E-state index contributed by atoms with van der Waals surface area (Å²) in [5, 5.41) is 0. The molecule has 1 aromatic carbocycles. The molecule has 0 atom stereocenters. The first kappa shape index (κ1) is 9.87. The molecule has 0 bridgehead atoms. The van der Waals surface area contributed by atoms with E-state index < -0.39 is 0 Å². The minimum absolute atomic E-state index is 0.869. The molecule has 1 aliphatic heterocycles. The smallest absolute Gasteiger partial charge is 0.0317 e. The van der Waals surface area contributed by atoms with Crippen molar-refractivity contribution in [2.45, 2.75) is 6.54 Å². The van der Waals surface area contributed by atoms with Crippen LogP contribution in [0, 0.1) is 0 Å². The lowest BCUT2D eigenvalue weighted by Crippen LogP contribution is -2.31. The molecule has 0 amide bonds. The third kappa shape index (κ3) is 2.66. The Morgan fingerprint density at radius 2 is 2.07 bits per heavy atom. The van der Waals surface area contributed by atoms with E-state index in [9.17, 15) is 0 Å². The number of anilines is 1. The second-order valence-corrected chi connectivity index (χ2v) is 4.86. The zero-order valence-corrected chi connectivity index (χ0v) is 9.09. The minimum Gasteiger partial charge on any atom is -0.399 e. The highest BCUT2D eigenvalue weighted by Gasteiger charge is 2.10. The molecule has 2 nitrogen and oxygen atoms in total. The van der Waals surface area contributed by atoms with Gasteiger partial charge in [0.2, 0.25) is 0 Å². The fraction of sp³-hybridized carbons (Fsp3) is 0.455. The number of rotatable bonds is 2. The van der Waals surface area contributed by atoms with E-state index in [0.717, 1.165) is 12.2 Å². The van der Waals surface area contributed by atoms with Crippen LogP contribution in [0.15, 0.2) is 24.3 Å². The summed E-state index contributed by atoms with van der Waals surface area (Å²) in [5.41, 5.74) is 7.94. The molecule has 0 unspecified atom stereocenters. The quantitative estimate of drug-likeness (QED) is 0.752. The third-order valence-electron chi connectivity index (χ3n) is 2.46. The molecule has 76 valence electrons. The first-order chi connectivity index (χ1) is 6.84. The van der Waals surface area contributed by atoms with Gasteiger partial charge in [-0.05, 0) is 17.7 Å². The molecule has 0 radical (unpaired) electrons. The number of hydrogen-bond donors (Lipinski definition) is 1. The van der Waals surface area contributed by atoms with Crippen LogP contribution in [-0.2, 0) is 6.54 Å². The number of benzene rings is 1. The Bertz CT molecular complexity index is 295. The summed E-state index contributed by atoms with van der Waals surface area (Å²) in [7, 11) is 0. The van der Waals surface area contributed by atoms with Crippen molar-refractivity contribution in [1.29, 1.82) is 0 Å². The van der Waals surface area contributed by atoms with Crippen molar-refractivity contribution in [3.63, 3.8) is 0 Å². The van der Waals surface area contributed by atoms with E-state index in [0.29, 0.717) is 0 Å². The highest BCUT2D eigenvalue weighted by Crippen LogP contribution is 2.14. The van der Waals surface area contributed by atoms with Crippen molar-refractivity contribution in [1.82, 2.24) is 4.90 Å². The molecule has 0 saturated carbocycles. The fourth-order valence-corrected chi connectivity index (χ4v) is 2.69. The van der Waals surface area contributed by atoms with Crippen LogP contribution in [0.4, 0.5) is 5.69 Å². The Balaban J connectivity index is 1.95. The highest BCUT2D eigenvalue weighted by molar-refractivity contribution is 7.99. The first-order valence-electron chi connectivity index (χ1n) is 4.99. The summed E-state index contributed by atoms with van der Waals surface area (Å²) >= 11 is 2.05. The van der Waals surface area contributed by atoms with Crippen molar-refractivity contribution in [3.05, 3.63) is 29.8 Å². The van der Waals surface area contributed by atoms with Crippen LogP contribution in [0.5, 0.6) is 0 Å². The van der Waals surface area contributed by atoms with Crippen LogP contribution in [0.25, 0.3) is 0 Å².